The summed E-state index contributed by atoms with van der Waals surface area (Å²) < 4.78 is 17.4. The van der Waals surface area contributed by atoms with Crippen LogP contribution in [0.1, 0.15) is 53.5 Å². The van der Waals surface area contributed by atoms with Crippen molar-refractivity contribution in [2.45, 2.75) is 45.1 Å². The monoisotopic (exact) mass is 454 g/mol. The first-order valence-corrected chi connectivity index (χ1v) is 11.4. The van der Waals surface area contributed by atoms with Crippen LogP contribution >= 0.6 is 0 Å². The molecule has 2 atom stereocenters. The minimum Gasteiger partial charge on any atom is -0.489 e. The van der Waals surface area contributed by atoms with Gasteiger partial charge in [-0.15, -0.1) is 0 Å². The molecular weight excluding hydrogens is 432 g/mol. The molecule has 6 rings (SSSR count). The third kappa shape index (κ3) is 3.21. The Morgan fingerprint density at radius 2 is 1.32 bits per heavy atom. The molecule has 0 spiro atoms. The van der Waals surface area contributed by atoms with E-state index in [9.17, 15) is 14.4 Å². The van der Waals surface area contributed by atoms with Crippen molar-refractivity contribution in [3.8, 4) is 0 Å². The molecule has 0 amide bonds. The maximum absolute atomic E-state index is 13.2. The number of rotatable bonds is 2. The Balaban J connectivity index is 1.67. The van der Waals surface area contributed by atoms with E-state index >= 15 is 0 Å². The van der Waals surface area contributed by atoms with Gasteiger partial charge in [-0.2, -0.15) is 0 Å². The summed E-state index contributed by atoms with van der Waals surface area (Å²) in [4.78, 5) is 38.3. The van der Waals surface area contributed by atoms with E-state index in [2.05, 4.69) is 0 Å². The van der Waals surface area contributed by atoms with E-state index in [0.717, 1.165) is 21.9 Å². The van der Waals surface area contributed by atoms with Gasteiger partial charge in [0.2, 0.25) is 0 Å². The van der Waals surface area contributed by atoms with Crippen LogP contribution in [0.3, 0.4) is 0 Å². The van der Waals surface area contributed by atoms with Gasteiger partial charge in [0.05, 0.1) is 5.92 Å². The van der Waals surface area contributed by atoms with Gasteiger partial charge in [0.1, 0.15) is 23.0 Å². The highest BCUT2D eigenvalue weighted by molar-refractivity contribution is 6.00. The minimum absolute atomic E-state index is 0.0197. The van der Waals surface area contributed by atoms with Gasteiger partial charge in [-0.1, -0.05) is 23.3 Å². The SMILES string of the molecule is Cc1ccc2oc(=O)cc(C3OC4=C(C(=O)CCC4)C3c3cc(=O)oc4ccc(C)cc34)c2c1. The van der Waals surface area contributed by atoms with Crippen LogP contribution < -0.4 is 11.3 Å². The first kappa shape index (κ1) is 20.7. The van der Waals surface area contributed by atoms with Crippen LogP contribution in [-0.2, 0) is 9.53 Å². The van der Waals surface area contributed by atoms with E-state index in [4.69, 9.17) is 13.6 Å². The molecule has 2 aromatic carbocycles. The summed E-state index contributed by atoms with van der Waals surface area (Å²) in [6.45, 7) is 3.93. The Morgan fingerprint density at radius 1 is 0.735 bits per heavy atom. The number of benzene rings is 2. The summed E-state index contributed by atoms with van der Waals surface area (Å²) in [5.41, 5.74) is 3.87. The minimum atomic E-state index is -0.647. The van der Waals surface area contributed by atoms with E-state index in [0.29, 0.717) is 52.9 Å². The summed E-state index contributed by atoms with van der Waals surface area (Å²) in [6, 6.07) is 14.1. The lowest BCUT2D eigenvalue weighted by Gasteiger charge is -2.23. The standard InChI is InChI=1S/C28H22O6/c1-14-6-8-21-16(10-14)18(12-24(30)32-21)26-27-20(29)4-3-5-23(27)34-28(26)19-13-25(31)33-22-9-7-15(2)11-17(19)22/h6-13,26,28H,3-5H2,1-2H3. The van der Waals surface area contributed by atoms with E-state index in [1.807, 2.05) is 38.1 Å². The maximum atomic E-state index is 13.2. The van der Waals surface area contributed by atoms with E-state index in [1.165, 1.54) is 12.1 Å². The van der Waals surface area contributed by atoms with Crippen LogP contribution in [0.15, 0.2) is 78.3 Å². The Hall–Kier alpha value is -3.93. The van der Waals surface area contributed by atoms with Crippen molar-refractivity contribution in [1.29, 1.82) is 0 Å². The molecule has 0 N–H and O–H groups in total. The van der Waals surface area contributed by atoms with E-state index in [1.54, 1.807) is 12.1 Å². The summed E-state index contributed by atoms with van der Waals surface area (Å²) in [7, 11) is 0. The average Bonchev–Trinajstić information content (AvgIpc) is 3.19. The highest BCUT2D eigenvalue weighted by Crippen LogP contribution is 2.52. The van der Waals surface area contributed by atoms with Gasteiger partial charge in [0.25, 0.3) is 0 Å². The van der Waals surface area contributed by atoms with Crippen LogP contribution in [-0.4, -0.2) is 5.78 Å². The molecule has 4 aromatic rings. The number of carbonyl (C=O) groups is 1. The Bertz CT molecular complexity index is 1650. The third-order valence-corrected chi connectivity index (χ3v) is 6.79. The van der Waals surface area contributed by atoms with Gasteiger partial charge >= 0.3 is 11.3 Å². The molecule has 34 heavy (non-hydrogen) atoms. The van der Waals surface area contributed by atoms with Gasteiger partial charge in [0, 0.05) is 46.9 Å². The summed E-state index contributed by atoms with van der Waals surface area (Å²) in [6.07, 6.45) is 1.14. The zero-order chi connectivity index (χ0) is 23.6. The second-order valence-corrected chi connectivity index (χ2v) is 9.17. The molecule has 170 valence electrons. The number of hydrogen-bond acceptors (Lipinski definition) is 6. The lowest BCUT2D eigenvalue weighted by Crippen LogP contribution is -2.19. The topological polar surface area (TPSA) is 86.7 Å². The summed E-state index contributed by atoms with van der Waals surface area (Å²) in [5.74, 6) is 0.127. The fourth-order valence-electron chi connectivity index (χ4n) is 5.33. The molecule has 1 aliphatic heterocycles. The van der Waals surface area contributed by atoms with Crippen molar-refractivity contribution >= 4 is 27.7 Å². The number of hydrogen-bond donors (Lipinski definition) is 0. The lowest BCUT2D eigenvalue weighted by molar-refractivity contribution is -0.116. The first-order chi connectivity index (χ1) is 16.4. The molecule has 3 heterocycles. The van der Waals surface area contributed by atoms with Crippen LogP contribution in [0.4, 0.5) is 0 Å². The molecule has 2 aliphatic rings. The van der Waals surface area contributed by atoms with Gasteiger partial charge in [-0.05, 0) is 50.1 Å². The van der Waals surface area contributed by atoms with Gasteiger partial charge in [0.15, 0.2) is 5.78 Å². The molecule has 6 nitrogen and oxygen atoms in total. The first-order valence-electron chi connectivity index (χ1n) is 11.4. The average molecular weight is 454 g/mol. The normalized spacial score (nSPS) is 20.1. The molecule has 0 fully saturated rings. The third-order valence-electron chi connectivity index (χ3n) is 6.79. The lowest BCUT2D eigenvalue weighted by atomic mass is 9.78. The molecule has 0 bridgehead atoms. The van der Waals surface area contributed by atoms with Crippen LogP contribution in [0.5, 0.6) is 0 Å². The maximum Gasteiger partial charge on any atom is 0.336 e. The highest BCUT2D eigenvalue weighted by Gasteiger charge is 2.44. The van der Waals surface area contributed by atoms with Gasteiger partial charge < -0.3 is 13.6 Å². The van der Waals surface area contributed by atoms with Crippen molar-refractivity contribution in [3.05, 3.63) is 103 Å². The Kier molecular flexibility index (Phi) is 4.59. The van der Waals surface area contributed by atoms with Crippen molar-refractivity contribution in [3.63, 3.8) is 0 Å². The van der Waals surface area contributed by atoms with Crippen LogP contribution in [0.2, 0.25) is 0 Å². The smallest absolute Gasteiger partial charge is 0.336 e. The zero-order valence-corrected chi connectivity index (χ0v) is 18.8. The van der Waals surface area contributed by atoms with Crippen molar-refractivity contribution in [1.82, 2.24) is 0 Å². The number of ether oxygens (including phenoxy) is 1. The summed E-state index contributed by atoms with van der Waals surface area (Å²) >= 11 is 0. The molecule has 0 radical (unpaired) electrons. The van der Waals surface area contributed by atoms with Crippen LogP contribution in [0.25, 0.3) is 21.9 Å². The number of fused-ring (bicyclic) bond motifs is 2. The van der Waals surface area contributed by atoms with Crippen molar-refractivity contribution in [2.75, 3.05) is 0 Å². The predicted molar refractivity (Wildman–Crippen MR) is 127 cm³/mol. The molecule has 1 aliphatic carbocycles. The van der Waals surface area contributed by atoms with Gasteiger partial charge in [-0.25, -0.2) is 9.59 Å². The van der Waals surface area contributed by atoms with Crippen molar-refractivity contribution in [2.24, 2.45) is 0 Å². The van der Waals surface area contributed by atoms with Crippen molar-refractivity contribution < 1.29 is 18.4 Å². The molecule has 2 aromatic heterocycles. The van der Waals surface area contributed by atoms with E-state index < -0.39 is 23.3 Å². The van der Waals surface area contributed by atoms with E-state index in [-0.39, 0.29) is 5.78 Å². The quantitative estimate of drug-likeness (QED) is 0.378. The van der Waals surface area contributed by atoms with Crippen LogP contribution in [0, 0.1) is 13.8 Å². The molecule has 2 unspecified atom stereocenters. The predicted octanol–water partition coefficient (Wildman–Crippen LogP) is 5.38. The number of ketones is 1. The highest BCUT2D eigenvalue weighted by atomic mass is 16.5. The fraction of sp³-hybridized carbons (Fsp3) is 0.250. The zero-order valence-electron chi connectivity index (χ0n) is 18.8. The second kappa shape index (κ2) is 7.55. The number of Topliss-reactive ketones (excluding diaryl/α,β-unsaturated/α-hetero) is 1. The Labute approximate surface area is 194 Å². The molecular formula is C28H22O6. The molecule has 0 saturated heterocycles. The number of aryl methyl sites for hydroxylation is 2. The largest absolute Gasteiger partial charge is 0.489 e. The second-order valence-electron chi connectivity index (χ2n) is 9.17. The fourth-order valence-corrected chi connectivity index (χ4v) is 5.33. The Morgan fingerprint density at radius 3 is 1.97 bits per heavy atom. The number of carbonyl (C=O) groups excluding carboxylic acids is 1. The van der Waals surface area contributed by atoms with Gasteiger partial charge in [-0.3, -0.25) is 4.79 Å². The number of allylic oxidation sites excluding steroid dienone is 1. The molecule has 0 saturated carbocycles. The summed E-state index contributed by atoms with van der Waals surface area (Å²) in [5, 5.41) is 1.51. The molecule has 6 heteroatoms.